The van der Waals surface area contributed by atoms with Gasteiger partial charge in [0.15, 0.2) is 5.05 Å². The maximum absolute atomic E-state index is 12.7. The molecule has 0 aliphatic carbocycles. The lowest BCUT2D eigenvalue weighted by Crippen LogP contribution is -2.65. The number of hydrogen-bond acceptors (Lipinski definition) is 5. The van der Waals surface area contributed by atoms with Gasteiger partial charge in [-0.25, -0.2) is 0 Å². The molecular formula is C19H26N2O4S. The van der Waals surface area contributed by atoms with Crippen molar-refractivity contribution < 1.29 is 19.4 Å². The smallest absolute Gasteiger partial charge is 0.257 e. The van der Waals surface area contributed by atoms with E-state index in [4.69, 9.17) is 17.0 Å². The largest absolute Gasteiger partial charge is 0.449 e. The zero-order chi connectivity index (χ0) is 19.4. The summed E-state index contributed by atoms with van der Waals surface area (Å²) in [4.78, 5) is 26.0. The van der Waals surface area contributed by atoms with Crippen LogP contribution in [0.3, 0.4) is 0 Å². The quantitative estimate of drug-likeness (QED) is 0.560. The minimum absolute atomic E-state index is 0.111. The summed E-state index contributed by atoms with van der Waals surface area (Å²) < 4.78 is 5.84. The van der Waals surface area contributed by atoms with Crippen molar-refractivity contribution in [1.82, 2.24) is 10.2 Å². The predicted octanol–water partition coefficient (Wildman–Crippen LogP) is 2.01. The summed E-state index contributed by atoms with van der Waals surface area (Å²) in [5.74, 6) is -0.671. The van der Waals surface area contributed by atoms with Crippen LogP contribution in [0, 0.1) is 11.8 Å². The number of para-hydroxylation sites is 1. The number of β-lactam (4-membered cyclic amide) rings is 1. The molecule has 1 aliphatic heterocycles. The summed E-state index contributed by atoms with van der Waals surface area (Å²) >= 11 is 5.40. The summed E-state index contributed by atoms with van der Waals surface area (Å²) in [6, 6.07) is 6.71. The number of rotatable bonds is 7. The van der Waals surface area contributed by atoms with Gasteiger partial charge in [-0.3, -0.25) is 9.59 Å². The van der Waals surface area contributed by atoms with Gasteiger partial charge in [0, 0.05) is 19.0 Å². The molecule has 0 radical (unpaired) electrons. The Morgan fingerprint density at radius 2 is 1.92 bits per heavy atom. The Hall–Kier alpha value is -1.99. The zero-order valence-corrected chi connectivity index (χ0v) is 16.4. The molecule has 1 aliphatic rings. The van der Waals surface area contributed by atoms with Crippen LogP contribution < -0.4 is 10.1 Å². The summed E-state index contributed by atoms with van der Waals surface area (Å²) in [6.45, 7) is 8.49. The maximum Gasteiger partial charge on any atom is 0.257 e. The van der Waals surface area contributed by atoms with Gasteiger partial charge in [-0.15, -0.1) is 0 Å². The van der Waals surface area contributed by atoms with E-state index in [0.29, 0.717) is 24.4 Å². The molecule has 1 saturated heterocycles. The molecule has 1 aromatic rings. The third-order valence-corrected chi connectivity index (χ3v) is 5.26. The van der Waals surface area contributed by atoms with Crippen LogP contribution in [0.4, 0.5) is 0 Å². The fraction of sp³-hybridized carbons (Fsp3) is 0.526. The first kappa shape index (κ1) is 20.3. The van der Waals surface area contributed by atoms with Gasteiger partial charge in [-0.2, -0.15) is 0 Å². The van der Waals surface area contributed by atoms with Crippen LogP contribution in [0.2, 0.25) is 0 Å². The van der Waals surface area contributed by atoms with E-state index in [9.17, 15) is 14.7 Å². The van der Waals surface area contributed by atoms with Crippen molar-refractivity contribution in [1.29, 1.82) is 0 Å². The first-order chi connectivity index (χ1) is 12.3. The lowest BCUT2D eigenvalue weighted by molar-refractivity contribution is -0.141. The molecule has 2 amide bonds. The van der Waals surface area contributed by atoms with Crippen molar-refractivity contribution in [2.24, 2.45) is 11.8 Å². The number of aliphatic hydroxyl groups excluding tert-OH is 1. The van der Waals surface area contributed by atoms with E-state index < -0.39 is 12.0 Å². The van der Waals surface area contributed by atoms with Crippen molar-refractivity contribution in [3.05, 3.63) is 29.8 Å². The second-order valence-corrected chi connectivity index (χ2v) is 6.89. The predicted molar refractivity (Wildman–Crippen MR) is 103 cm³/mol. The van der Waals surface area contributed by atoms with Crippen molar-refractivity contribution >= 4 is 29.1 Å². The molecule has 142 valence electrons. The third-order valence-electron chi connectivity index (χ3n) is 4.81. The van der Waals surface area contributed by atoms with Crippen LogP contribution in [0.25, 0.3) is 0 Å². The van der Waals surface area contributed by atoms with E-state index in [-0.39, 0.29) is 28.8 Å². The van der Waals surface area contributed by atoms with Crippen molar-refractivity contribution in [2.45, 2.75) is 39.8 Å². The highest BCUT2D eigenvalue weighted by Crippen LogP contribution is 2.28. The van der Waals surface area contributed by atoms with Crippen molar-refractivity contribution in [2.75, 3.05) is 13.1 Å². The standard InChI is InChI=1S/C19H26N2O4S/c1-5-21(6-2)18(24)13-9-7-8-10-14(13)25-19(26)11(3)16-15(12(4)22)17(23)20-16/h7-12,15-16,22H,5-6H2,1-4H3,(H,20,23)/t11-,12-,15-,16-/m1/s1. The second kappa shape index (κ2) is 8.60. The summed E-state index contributed by atoms with van der Waals surface area (Å²) in [7, 11) is 0. The molecular weight excluding hydrogens is 352 g/mol. The summed E-state index contributed by atoms with van der Waals surface area (Å²) in [6.07, 6.45) is -0.754. The Morgan fingerprint density at radius 3 is 2.46 bits per heavy atom. The number of carbonyl (C=O) groups excluding carboxylic acids is 2. The molecule has 7 heteroatoms. The van der Waals surface area contributed by atoms with Gasteiger partial charge in [0.05, 0.1) is 23.6 Å². The van der Waals surface area contributed by atoms with Crippen LogP contribution in [0.5, 0.6) is 5.75 Å². The fourth-order valence-electron chi connectivity index (χ4n) is 3.13. The van der Waals surface area contributed by atoms with E-state index in [1.165, 1.54) is 0 Å². The minimum atomic E-state index is -0.754. The van der Waals surface area contributed by atoms with Gasteiger partial charge in [0.1, 0.15) is 5.75 Å². The average Bonchev–Trinajstić information content (AvgIpc) is 2.59. The number of benzene rings is 1. The highest BCUT2D eigenvalue weighted by atomic mass is 32.1. The molecule has 0 bridgehead atoms. The molecule has 0 spiro atoms. The Labute approximate surface area is 159 Å². The first-order valence-corrected chi connectivity index (χ1v) is 9.31. The number of thiocarbonyl (C=S) groups is 1. The normalized spacial score (nSPS) is 21.2. The molecule has 2 rings (SSSR count). The number of nitrogens with one attached hydrogen (secondary N) is 1. The van der Waals surface area contributed by atoms with Crippen molar-refractivity contribution in [3.8, 4) is 5.75 Å². The highest BCUT2D eigenvalue weighted by molar-refractivity contribution is 7.80. The van der Waals surface area contributed by atoms with Crippen molar-refractivity contribution in [3.63, 3.8) is 0 Å². The zero-order valence-electron chi connectivity index (χ0n) is 15.6. The van der Waals surface area contributed by atoms with E-state index in [0.717, 1.165) is 0 Å². The van der Waals surface area contributed by atoms with Crippen LogP contribution in [-0.4, -0.2) is 52.1 Å². The number of carbonyl (C=O) groups is 2. The van der Waals surface area contributed by atoms with Gasteiger partial charge in [0.2, 0.25) is 5.91 Å². The minimum Gasteiger partial charge on any atom is -0.449 e. The van der Waals surface area contributed by atoms with Gasteiger partial charge < -0.3 is 20.1 Å². The molecule has 1 fully saturated rings. The van der Waals surface area contributed by atoms with E-state index in [2.05, 4.69) is 5.32 Å². The van der Waals surface area contributed by atoms with Gasteiger partial charge in [0.25, 0.3) is 5.91 Å². The molecule has 0 unspecified atom stereocenters. The van der Waals surface area contributed by atoms with Crippen LogP contribution in [0.1, 0.15) is 38.1 Å². The monoisotopic (exact) mass is 378 g/mol. The van der Waals surface area contributed by atoms with Crippen LogP contribution in [-0.2, 0) is 4.79 Å². The summed E-state index contributed by atoms with van der Waals surface area (Å²) in [5, 5.41) is 12.8. The topological polar surface area (TPSA) is 78.9 Å². The molecule has 0 saturated carbocycles. The summed E-state index contributed by atoms with van der Waals surface area (Å²) in [5.41, 5.74) is 0.454. The average molecular weight is 378 g/mol. The van der Waals surface area contributed by atoms with Crippen LogP contribution in [0.15, 0.2) is 24.3 Å². The number of hydrogen-bond donors (Lipinski definition) is 2. The molecule has 6 nitrogen and oxygen atoms in total. The third kappa shape index (κ3) is 4.04. The molecule has 1 heterocycles. The fourth-order valence-corrected chi connectivity index (χ4v) is 3.37. The Morgan fingerprint density at radius 1 is 1.31 bits per heavy atom. The molecule has 4 atom stereocenters. The van der Waals surface area contributed by atoms with E-state index >= 15 is 0 Å². The second-order valence-electron chi connectivity index (χ2n) is 6.48. The molecule has 26 heavy (non-hydrogen) atoms. The molecule has 1 aromatic carbocycles. The highest BCUT2D eigenvalue weighted by Gasteiger charge is 2.46. The first-order valence-electron chi connectivity index (χ1n) is 8.90. The Kier molecular flexibility index (Phi) is 6.72. The van der Waals surface area contributed by atoms with Gasteiger partial charge >= 0.3 is 0 Å². The van der Waals surface area contributed by atoms with E-state index in [1.54, 1.807) is 36.1 Å². The Bertz CT molecular complexity index is 688. The Balaban J connectivity index is 2.15. The van der Waals surface area contributed by atoms with E-state index in [1.807, 2.05) is 20.8 Å². The maximum atomic E-state index is 12.7. The van der Waals surface area contributed by atoms with Crippen LogP contribution >= 0.6 is 12.2 Å². The number of ether oxygens (including phenoxy) is 1. The number of aliphatic hydroxyl groups is 1. The van der Waals surface area contributed by atoms with Gasteiger partial charge in [-0.05, 0) is 45.1 Å². The number of nitrogens with zero attached hydrogens (tertiary/aromatic N) is 1. The lowest BCUT2D eigenvalue weighted by atomic mass is 9.79. The van der Waals surface area contributed by atoms with Gasteiger partial charge in [-0.1, -0.05) is 19.1 Å². The lowest BCUT2D eigenvalue weighted by Gasteiger charge is -2.41. The molecule has 2 N–H and O–H groups in total. The SMILES string of the molecule is CCN(CC)C(=O)c1ccccc1OC(=S)[C@H](C)[C@H]1NC(=O)[C@@H]1[C@@H](C)O. The number of amides is 2. The molecule has 0 aromatic heterocycles.